The van der Waals surface area contributed by atoms with Crippen LogP contribution in [0.5, 0.6) is 0 Å². The molecule has 1 aromatic heterocycles. The van der Waals surface area contributed by atoms with Crippen LogP contribution >= 0.6 is 0 Å². The monoisotopic (exact) mass is 318 g/mol. The van der Waals surface area contributed by atoms with Gasteiger partial charge in [0.2, 0.25) is 11.9 Å². The van der Waals surface area contributed by atoms with Crippen molar-refractivity contribution < 1.29 is 14.3 Å². The predicted molar refractivity (Wildman–Crippen MR) is 83.0 cm³/mol. The first-order valence-electron chi connectivity index (χ1n) is 7.86. The lowest BCUT2D eigenvalue weighted by atomic mass is 10.1. The third kappa shape index (κ3) is 3.43. The van der Waals surface area contributed by atoms with E-state index in [0.29, 0.717) is 25.9 Å². The highest BCUT2D eigenvalue weighted by Crippen LogP contribution is 2.42. The molecule has 2 atom stereocenters. The Morgan fingerprint density at radius 1 is 1.35 bits per heavy atom. The number of esters is 1. The first kappa shape index (κ1) is 15.7. The number of rotatable bonds is 2. The summed E-state index contributed by atoms with van der Waals surface area (Å²) in [5, 5.41) is 0. The fourth-order valence-electron chi connectivity index (χ4n) is 2.86. The van der Waals surface area contributed by atoms with Gasteiger partial charge in [-0.2, -0.15) is 0 Å². The van der Waals surface area contributed by atoms with E-state index in [4.69, 9.17) is 10.5 Å². The normalized spacial score (nSPS) is 23.2. The van der Waals surface area contributed by atoms with Gasteiger partial charge in [0.15, 0.2) is 0 Å². The fourth-order valence-corrected chi connectivity index (χ4v) is 2.86. The number of amides is 1. The van der Waals surface area contributed by atoms with Crippen LogP contribution in [-0.4, -0.2) is 38.9 Å². The number of hydrogen-bond acceptors (Lipinski definition) is 6. The highest BCUT2D eigenvalue weighted by atomic mass is 16.6. The molecule has 0 saturated heterocycles. The molecule has 0 unspecified atom stereocenters. The molecule has 1 saturated carbocycles. The summed E-state index contributed by atoms with van der Waals surface area (Å²) in [6.07, 6.45) is 2.92. The molecule has 0 bridgehead atoms. The number of carbonyl (C=O) groups excluding carboxylic acids is 2. The van der Waals surface area contributed by atoms with E-state index in [2.05, 4.69) is 9.97 Å². The topological polar surface area (TPSA) is 98.4 Å². The molecule has 1 amide bonds. The van der Waals surface area contributed by atoms with Crippen molar-refractivity contribution in [1.82, 2.24) is 14.9 Å². The van der Waals surface area contributed by atoms with Crippen molar-refractivity contribution in [2.24, 2.45) is 11.8 Å². The maximum atomic E-state index is 12.6. The van der Waals surface area contributed by atoms with Crippen molar-refractivity contribution in [3.05, 3.63) is 17.5 Å². The van der Waals surface area contributed by atoms with Crippen LogP contribution in [0.4, 0.5) is 5.95 Å². The average molecular weight is 318 g/mol. The largest absolute Gasteiger partial charge is 0.460 e. The Morgan fingerprint density at radius 3 is 2.78 bits per heavy atom. The Labute approximate surface area is 135 Å². The summed E-state index contributed by atoms with van der Waals surface area (Å²) in [6.45, 7) is 6.57. The minimum atomic E-state index is -0.519. The molecular weight excluding hydrogens is 296 g/mol. The Balaban J connectivity index is 1.61. The summed E-state index contributed by atoms with van der Waals surface area (Å²) in [4.78, 5) is 34.6. The standard InChI is InChI=1S/C16H22N4O3/c1-16(2,3)23-14(22)11-6-10(11)13(21)20-5-4-12-9(8-20)7-18-15(17)19-12/h7,10-11H,4-6,8H2,1-3H3,(H2,17,18,19)/t10-,11-/m1/s1. The van der Waals surface area contributed by atoms with Crippen LogP contribution in [0.15, 0.2) is 6.20 Å². The van der Waals surface area contributed by atoms with E-state index in [1.54, 1.807) is 11.1 Å². The number of ether oxygens (including phenoxy) is 1. The smallest absolute Gasteiger partial charge is 0.310 e. The second-order valence-electron chi connectivity index (χ2n) is 7.19. The van der Waals surface area contributed by atoms with Gasteiger partial charge in [0, 0.05) is 31.3 Å². The number of nitrogens with zero attached hydrogens (tertiary/aromatic N) is 3. The summed E-state index contributed by atoms with van der Waals surface area (Å²) in [5.41, 5.74) is 6.89. The molecule has 124 valence electrons. The van der Waals surface area contributed by atoms with Gasteiger partial charge in [0.25, 0.3) is 0 Å². The molecule has 1 aliphatic heterocycles. The molecule has 23 heavy (non-hydrogen) atoms. The summed E-state index contributed by atoms with van der Waals surface area (Å²) < 4.78 is 5.36. The number of fused-ring (bicyclic) bond motifs is 1. The Hall–Kier alpha value is -2.18. The molecule has 2 N–H and O–H groups in total. The maximum Gasteiger partial charge on any atom is 0.310 e. The fraction of sp³-hybridized carbons (Fsp3) is 0.625. The first-order chi connectivity index (χ1) is 10.7. The van der Waals surface area contributed by atoms with E-state index in [1.165, 1.54) is 0 Å². The summed E-state index contributed by atoms with van der Waals surface area (Å²) in [7, 11) is 0. The van der Waals surface area contributed by atoms with Crippen molar-refractivity contribution in [1.29, 1.82) is 0 Å². The van der Waals surface area contributed by atoms with E-state index in [-0.39, 0.29) is 29.7 Å². The zero-order valence-electron chi connectivity index (χ0n) is 13.7. The minimum absolute atomic E-state index is 0.0170. The van der Waals surface area contributed by atoms with E-state index in [0.717, 1.165) is 11.3 Å². The molecular formula is C16H22N4O3. The van der Waals surface area contributed by atoms with E-state index in [9.17, 15) is 9.59 Å². The van der Waals surface area contributed by atoms with Gasteiger partial charge in [-0.15, -0.1) is 0 Å². The van der Waals surface area contributed by atoms with Gasteiger partial charge in [-0.3, -0.25) is 9.59 Å². The first-order valence-corrected chi connectivity index (χ1v) is 7.86. The van der Waals surface area contributed by atoms with Gasteiger partial charge < -0.3 is 15.4 Å². The number of carbonyl (C=O) groups is 2. The van der Waals surface area contributed by atoms with Crippen LogP contribution in [0, 0.1) is 11.8 Å². The number of hydrogen-bond donors (Lipinski definition) is 1. The molecule has 7 heteroatoms. The van der Waals surface area contributed by atoms with Crippen LogP contribution in [-0.2, 0) is 27.3 Å². The van der Waals surface area contributed by atoms with Crippen LogP contribution in [0.25, 0.3) is 0 Å². The van der Waals surface area contributed by atoms with Crippen molar-refractivity contribution >= 4 is 17.8 Å². The molecule has 0 radical (unpaired) electrons. The highest BCUT2D eigenvalue weighted by molar-refractivity contribution is 5.90. The van der Waals surface area contributed by atoms with Gasteiger partial charge >= 0.3 is 5.97 Å². The third-order valence-electron chi connectivity index (χ3n) is 4.08. The minimum Gasteiger partial charge on any atom is -0.460 e. The van der Waals surface area contributed by atoms with Crippen LogP contribution < -0.4 is 5.73 Å². The molecule has 2 heterocycles. The zero-order valence-corrected chi connectivity index (χ0v) is 13.7. The zero-order chi connectivity index (χ0) is 16.8. The second kappa shape index (κ2) is 5.47. The Kier molecular flexibility index (Phi) is 3.74. The van der Waals surface area contributed by atoms with Crippen molar-refractivity contribution in [2.75, 3.05) is 12.3 Å². The van der Waals surface area contributed by atoms with Crippen LogP contribution in [0.1, 0.15) is 38.4 Å². The number of nitrogens with two attached hydrogens (primary N) is 1. The molecule has 0 spiro atoms. The SMILES string of the molecule is CC(C)(C)OC(=O)[C@@H]1C[C@H]1C(=O)N1CCc2nc(N)ncc2C1. The molecule has 1 aliphatic carbocycles. The summed E-state index contributed by atoms with van der Waals surface area (Å²) in [6, 6.07) is 0. The van der Waals surface area contributed by atoms with E-state index in [1.807, 2.05) is 20.8 Å². The second-order valence-corrected chi connectivity index (χ2v) is 7.19. The number of anilines is 1. The molecule has 2 aliphatic rings. The lowest BCUT2D eigenvalue weighted by molar-refractivity contribution is -0.158. The highest BCUT2D eigenvalue weighted by Gasteiger charge is 2.51. The van der Waals surface area contributed by atoms with Gasteiger partial charge in [0.05, 0.1) is 17.5 Å². The van der Waals surface area contributed by atoms with Gasteiger partial charge in [-0.25, -0.2) is 9.97 Å². The van der Waals surface area contributed by atoms with Crippen molar-refractivity contribution in [2.45, 2.75) is 45.8 Å². The van der Waals surface area contributed by atoms with Crippen molar-refractivity contribution in [3.8, 4) is 0 Å². The van der Waals surface area contributed by atoms with Gasteiger partial charge in [-0.05, 0) is 27.2 Å². The lowest BCUT2D eigenvalue weighted by Gasteiger charge is -2.28. The van der Waals surface area contributed by atoms with E-state index >= 15 is 0 Å². The lowest BCUT2D eigenvalue weighted by Crippen LogP contribution is -2.38. The van der Waals surface area contributed by atoms with Crippen LogP contribution in [0.2, 0.25) is 0 Å². The van der Waals surface area contributed by atoms with Gasteiger partial charge in [0.1, 0.15) is 5.60 Å². The molecule has 7 nitrogen and oxygen atoms in total. The number of nitrogen functional groups attached to an aromatic ring is 1. The molecule has 1 aromatic rings. The molecule has 0 aromatic carbocycles. The molecule has 1 fully saturated rings. The maximum absolute atomic E-state index is 12.6. The quantitative estimate of drug-likeness (QED) is 0.814. The number of aromatic nitrogens is 2. The Bertz CT molecular complexity index is 653. The summed E-state index contributed by atoms with van der Waals surface area (Å²) >= 11 is 0. The summed E-state index contributed by atoms with van der Waals surface area (Å²) in [5.74, 6) is -0.546. The van der Waals surface area contributed by atoms with E-state index < -0.39 is 5.60 Å². The van der Waals surface area contributed by atoms with Gasteiger partial charge in [-0.1, -0.05) is 0 Å². The van der Waals surface area contributed by atoms with Crippen molar-refractivity contribution in [3.63, 3.8) is 0 Å². The third-order valence-corrected chi connectivity index (χ3v) is 4.08. The average Bonchev–Trinajstić information content (AvgIpc) is 3.24. The predicted octanol–water partition coefficient (Wildman–Crippen LogP) is 0.921. The Morgan fingerprint density at radius 2 is 2.09 bits per heavy atom. The van der Waals surface area contributed by atoms with Crippen LogP contribution in [0.3, 0.4) is 0 Å². The molecule has 3 rings (SSSR count).